The van der Waals surface area contributed by atoms with Crippen molar-refractivity contribution < 1.29 is 9.84 Å². The largest absolute Gasteiger partial charge is 0.491 e. The van der Waals surface area contributed by atoms with E-state index in [2.05, 4.69) is 20.4 Å². The summed E-state index contributed by atoms with van der Waals surface area (Å²) in [6.07, 6.45) is 2.78. The van der Waals surface area contributed by atoms with Crippen molar-refractivity contribution in [3.8, 4) is 5.75 Å². The molecule has 0 aliphatic carbocycles. The predicted molar refractivity (Wildman–Crippen MR) is 92.0 cm³/mol. The second-order valence-electron chi connectivity index (χ2n) is 5.89. The van der Waals surface area contributed by atoms with E-state index in [4.69, 9.17) is 4.74 Å². The lowest BCUT2D eigenvalue weighted by molar-refractivity contribution is 0.191. The SMILES string of the molecule is CC(C)Oc1ccc(C(O)CNc2ncnc3nn(C)cc23)cc1. The zero-order chi connectivity index (χ0) is 17.1. The lowest BCUT2D eigenvalue weighted by Crippen LogP contribution is -2.13. The fourth-order valence-electron chi connectivity index (χ4n) is 2.44. The summed E-state index contributed by atoms with van der Waals surface area (Å²) in [6, 6.07) is 7.46. The van der Waals surface area contributed by atoms with Gasteiger partial charge in [0.15, 0.2) is 5.65 Å². The van der Waals surface area contributed by atoms with Gasteiger partial charge in [-0.15, -0.1) is 0 Å². The molecule has 1 aromatic carbocycles. The Balaban J connectivity index is 1.67. The summed E-state index contributed by atoms with van der Waals surface area (Å²) in [4.78, 5) is 8.35. The van der Waals surface area contributed by atoms with Crippen LogP contribution in [0.1, 0.15) is 25.5 Å². The highest BCUT2D eigenvalue weighted by molar-refractivity contribution is 5.85. The molecule has 0 spiro atoms. The normalized spacial score (nSPS) is 12.5. The number of benzene rings is 1. The number of anilines is 1. The number of fused-ring (bicyclic) bond motifs is 1. The van der Waals surface area contributed by atoms with Gasteiger partial charge in [-0.2, -0.15) is 5.10 Å². The van der Waals surface area contributed by atoms with Crippen molar-refractivity contribution >= 4 is 16.9 Å². The number of ether oxygens (including phenoxy) is 1. The van der Waals surface area contributed by atoms with Gasteiger partial charge in [0.05, 0.1) is 17.6 Å². The molecule has 1 atom stereocenters. The van der Waals surface area contributed by atoms with Gasteiger partial charge in [-0.25, -0.2) is 9.97 Å². The van der Waals surface area contributed by atoms with E-state index in [9.17, 15) is 5.11 Å². The topological polar surface area (TPSA) is 85.1 Å². The van der Waals surface area contributed by atoms with Crippen LogP contribution in [-0.2, 0) is 7.05 Å². The number of aryl methyl sites for hydroxylation is 1. The molecule has 0 radical (unpaired) electrons. The molecule has 3 rings (SSSR count). The van der Waals surface area contributed by atoms with E-state index in [0.29, 0.717) is 18.0 Å². The summed E-state index contributed by atoms with van der Waals surface area (Å²) in [6.45, 7) is 4.30. The van der Waals surface area contributed by atoms with Crippen molar-refractivity contribution in [2.75, 3.05) is 11.9 Å². The Hall–Kier alpha value is -2.67. The van der Waals surface area contributed by atoms with Gasteiger partial charge in [-0.05, 0) is 31.5 Å². The molecular weight excluding hydrogens is 306 g/mol. The Labute approximate surface area is 140 Å². The first-order valence-corrected chi connectivity index (χ1v) is 7.86. The molecular formula is C17H21N5O2. The molecule has 1 unspecified atom stereocenters. The molecule has 126 valence electrons. The van der Waals surface area contributed by atoms with Gasteiger partial charge in [0.25, 0.3) is 0 Å². The molecule has 0 saturated heterocycles. The van der Waals surface area contributed by atoms with Crippen LogP contribution in [0.3, 0.4) is 0 Å². The van der Waals surface area contributed by atoms with Crippen LogP contribution < -0.4 is 10.1 Å². The van der Waals surface area contributed by atoms with Gasteiger partial charge in [0, 0.05) is 19.8 Å². The van der Waals surface area contributed by atoms with E-state index in [1.165, 1.54) is 6.33 Å². The summed E-state index contributed by atoms with van der Waals surface area (Å²) >= 11 is 0. The van der Waals surface area contributed by atoms with E-state index >= 15 is 0 Å². The number of hydrogen-bond acceptors (Lipinski definition) is 6. The van der Waals surface area contributed by atoms with Gasteiger partial charge in [-0.3, -0.25) is 4.68 Å². The number of rotatable bonds is 6. The zero-order valence-corrected chi connectivity index (χ0v) is 14.0. The highest BCUT2D eigenvalue weighted by atomic mass is 16.5. The van der Waals surface area contributed by atoms with Gasteiger partial charge >= 0.3 is 0 Å². The third kappa shape index (κ3) is 3.62. The van der Waals surface area contributed by atoms with Gasteiger partial charge < -0.3 is 15.2 Å². The van der Waals surface area contributed by atoms with Crippen molar-refractivity contribution in [1.82, 2.24) is 19.7 Å². The average molecular weight is 327 g/mol. The molecule has 0 aliphatic rings. The molecule has 2 heterocycles. The molecule has 3 aromatic rings. The number of aliphatic hydroxyl groups is 1. The standard InChI is InChI=1S/C17H21N5O2/c1-11(2)24-13-6-4-12(5-7-13)15(23)8-18-16-14-9-22(3)21-17(14)20-10-19-16/h4-7,9-11,15,23H,8H2,1-3H3,(H,18,19,20,21). The van der Waals surface area contributed by atoms with E-state index in [-0.39, 0.29) is 6.10 Å². The maximum atomic E-state index is 10.4. The molecule has 7 heteroatoms. The molecule has 7 nitrogen and oxygen atoms in total. The first-order valence-electron chi connectivity index (χ1n) is 7.86. The van der Waals surface area contributed by atoms with Crippen molar-refractivity contribution in [3.63, 3.8) is 0 Å². The fraction of sp³-hybridized carbons (Fsp3) is 0.353. The molecule has 0 fully saturated rings. The first-order chi connectivity index (χ1) is 11.5. The van der Waals surface area contributed by atoms with Crippen LogP contribution in [0.5, 0.6) is 5.75 Å². The maximum Gasteiger partial charge on any atom is 0.186 e. The Bertz CT molecular complexity index is 813. The zero-order valence-electron chi connectivity index (χ0n) is 14.0. The first kappa shape index (κ1) is 16.2. The lowest BCUT2D eigenvalue weighted by atomic mass is 10.1. The Morgan fingerprint density at radius 3 is 2.67 bits per heavy atom. The minimum atomic E-state index is -0.653. The Morgan fingerprint density at radius 2 is 1.96 bits per heavy atom. The summed E-state index contributed by atoms with van der Waals surface area (Å²) in [7, 11) is 1.83. The van der Waals surface area contributed by atoms with E-state index < -0.39 is 6.10 Å². The predicted octanol–water partition coefficient (Wildman–Crippen LogP) is 2.30. The quantitative estimate of drug-likeness (QED) is 0.722. The minimum absolute atomic E-state index is 0.127. The summed E-state index contributed by atoms with van der Waals surface area (Å²) in [5.74, 6) is 1.45. The van der Waals surface area contributed by atoms with Gasteiger partial charge in [0.1, 0.15) is 17.9 Å². The third-order valence-corrected chi connectivity index (χ3v) is 3.53. The molecule has 2 aromatic heterocycles. The van der Waals surface area contributed by atoms with Crippen LogP contribution in [0, 0.1) is 0 Å². The second-order valence-corrected chi connectivity index (χ2v) is 5.89. The van der Waals surface area contributed by atoms with Crippen molar-refractivity contribution in [2.24, 2.45) is 7.05 Å². The minimum Gasteiger partial charge on any atom is -0.491 e. The Kier molecular flexibility index (Phi) is 4.61. The Morgan fingerprint density at radius 1 is 1.21 bits per heavy atom. The average Bonchev–Trinajstić information content (AvgIpc) is 2.93. The van der Waals surface area contributed by atoms with Crippen LogP contribution in [0.25, 0.3) is 11.0 Å². The van der Waals surface area contributed by atoms with Crippen molar-refractivity contribution in [2.45, 2.75) is 26.1 Å². The molecule has 0 saturated carbocycles. The summed E-state index contributed by atoms with van der Waals surface area (Å²) in [5.41, 5.74) is 1.44. The van der Waals surface area contributed by atoms with Gasteiger partial charge in [-0.1, -0.05) is 12.1 Å². The molecule has 24 heavy (non-hydrogen) atoms. The van der Waals surface area contributed by atoms with Crippen LogP contribution in [0.4, 0.5) is 5.82 Å². The highest BCUT2D eigenvalue weighted by Crippen LogP contribution is 2.21. The van der Waals surface area contributed by atoms with E-state index in [1.54, 1.807) is 4.68 Å². The number of aromatic nitrogens is 4. The van der Waals surface area contributed by atoms with Crippen LogP contribution in [0.2, 0.25) is 0 Å². The molecule has 0 amide bonds. The van der Waals surface area contributed by atoms with Crippen LogP contribution >= 0.6 is 0 Å². The van der Waals surface area contributed by atoms with Crippen LogP contribution in [-0.4, -0.2) is 37.5 Å². The molecule has 0 aliphatic heterocycles. The second kappa shape index (κ2) is 6.84. The summed E-state index contributed by atoms with van der Waals surface area (Å²) in [5, 5.41) is 18.6. The molecule has 0 bridgehead atoms. The third-order valence-electron chi connectivity index (χ3n) is 3.53. The van der Waals surface area contributed by atoms with E-state index in [1.807, 2.05) is 51.4 Å². The fourth-order valence-corrected chi connectivity index (χ4v) is 2.44. The van der Waals surface area contributed by atoms with Gasteiger partial charge in [0.2, 0.25) is 0 Å². The highest BCUT2D eigenvalue weighted by Gasteiger charge is 2.11. The van der Waals surface area contributed by atoms with Crippen LogP contribution in [0.15, 0.2) is 36.8 Å². The lowest BCUT2D eigenvalue weighted by Gasteiger charge is -2.14. The maximum absolute atomic E-state index is 10.4. The smallest absolute Gasteiger partial charge is 0.186 e. The molecule has 2 N–H and O–H groups in total. The monoisotopic (exact) mass is 327 g/mol. The number of aliphatic hydroxyl groups excluding tert-OH is 1. The number of hydrogen-bond donors (Lipinski definition) is 2. The van der Waals surface area contributed by atoms with E-state index in [0.717, 1.165) is 16.7 Å². The van der Waals surface area contributed by atoms with Crippen molar-refractivity contribution in [1.29, 1.82) is 0 Å². The number of nitrogens with zero attached hydrogens (tertiary/aromatic N) is 4. The summed E-state index contributed by atoms with van der Waals surface area (Å²) < 4.78 is 7.29. The van der Waals surface area contributed by atoms with Crippen molar-refractivity contribution in [3.05, 3.63) is 42.4 Å². The number of nitrogens with one attached hydrogen (secondary N) is 1.